The van der Waals surface area contributed by atoms with Crippen molar-refractivity contribution in [3.05, 3.63) is 79.3 Å². The lowest BCUT2D eigenvalue weighted by atomic mass is 10.00. The van der Waals surface area contributed by atoms with Crippen LogP contribution in [0.5, 0.6) is 5.75 Å². The van der Waals surface area contributed by atoms with Gasteiger partial charge < -0.3 is 4.74 Å². The molecule has 2 aromatic heterocycles. The Labute approximate surface area is 162 Å². The van der Waals surface area contributed by atoms with Gasteiger partial charge in [-0.05, 0) is 29.7 Å². The number of aromatic nitrogens is 2. The van der Waals surface area contributed by atoms with Gasteiger partial charge in [0.15, 0.2) is 5.03 Å². The van der Waals surface area contributed by atoms with Crippen molar-refractivity contribution in [1.82, 2.24) is 9.97 Å². The molecular formula is C21H17N3O3S. The van der Waals surface area contributed by atoms with E-state index in [9.17, 15) is 8.42 Å². The zero-order chi connectivity index (χ0) is 19.6. The van der Waals surface area contributed by atoms with E-state index in [1.807, 2.05) is 30.3 Å². The highest BCUT2D eigenvalue weighted by Crippen LogP contribution is 2.36. The summed E-state index contributed by atoms with van der Waals surface area (Å²) in [5.41, 5.74) is 2.13. The van der Waals surface area contributed by atoms with E-state index >= 15 is 0 Å². The summed E-state index contributed by atoms with van der Waals surface area (Å²) in [7, 11) is -2.23. The molecule has 0 saturated carbocycles. The number of sulfonamides is 1. The van der Waals surface area contributed by atoms with E-state index in [-0.39, 0.29) is 5.03 Å². The van der Waals surface area contributed by atoms with Crippen molar-refractivity contribution in [2.45, 2.75) is 5.03 Å². The highest BCUT2D eigenvalue weighted by Gasteiger charge is 2.17. The molecule has 7 heteroatoms. The van der Waals surface area contributed by atoms with E-state index in [2.05, 4.69) is 14.7 Å². The van der Waals surface area contributed by atoms with Crippen LogP contribution in [0.25, 0.3) is 21.9 Å². The Balaban J connectivity index is 1.75. The molecule has 0 spiro atoms. The number of anilines is 1. The van der Waals surface area contributed by atoms with Gasteiger partial charge in [-0.1, -0.05) is 30.3 Å². The predicted molar refractivity (Wildman–Crippen MR) is 109 cm³/mol. The summed E-state index contributed by atoms with van der Waals surface area (Å²) in [4.78, 5) is 8.21. The molecule has 6 nitrogen and oxygen atoms in total. The minimum atomic E-state index is -3.78. The molecule has 0 radical (unpaired) electrons. The Hall–Kier alpha value is -3.45. The Morgan fingerprint density at radius 1 is 0.929 bits per heavy atom. The fourth-order valence-corrected chi connectivity index (χ4v) is 4.02. The van der Waals surface area contributed by atoms with Crippen LogP contribution in [0, 0.1) is 0 Å². The summed E-state index contributed by atoms with van der Waals surface area (Å²) < 4.78 is 33.1. The molecule has 2 heterocycles. The molecule has 140 valence electrons. The van der Waals surface area contributed by atoms with E-state index in [1.54, 1.807) is 43.8 Å². The highest BCUT2D eigenvalue weighted by atomic mass is 32.2. The Bertz CT molecular complexity index is 1240. The first-order valence-electron chi connectivity index (χ1n) is 8.53. The Kier molecular flexibility index (Phi) is 4.67. The average molecular weight is 391 g/mol. The molecule has 0 bridgehead atoms. The third-order valence-corrected chi connectivity index (χ3v) is 5.62. The lowest BCUT2D eigenvalue weighted by Crippen LogP contribution is -2.14. The fourth-order valence-electron chi connectivity index (χ4n) is 3.02. The molecule has 0 amide bonds. The van der Waals surface area contributed by atoms with Gasteiger partial charge in [0.1, 0.15) is 5.75 Å². The number of benzene rings is 2. The number of ether oxygens (including phenoxy) is 1. The van der Waals surface area contributed by atoms with Crippen LogP contribution in [0.1, 0.15) is 0 Å². The highest BCUT2D eigenvalue weighted by molar-refractivity contribution is 7.92. The molecule has 4 rings (SSSR count). The second-order valence-corrected chi connectivity index (χ2v) is 7.73. The maximum atomic E-state index is 12.5. The van der Waals surface area contributed by atoms with Crippen LogP contribution in [0.15, 0.2) is 84.3 Å². The number of rotatable bonds is 5. The number of methoxy groups -OCH3 is 1. The lowest BCUT2D eigenvalue weighted by Gasteiger charge is -2.14. The quantitative estimate of drug-likeness (QED) is 0.554. The minimum absolute atomic E-state index is 0.0451. The Morgan fingerprint density at radius 2 is 1.75 bits per heavy atom. The molecule has 0 unspecified atom stereocenters. The van der Waals surface area contributed by atoms with Gasteiger partial charge >= 0.3 is 0 Å². The largest absolute Gasteiger partial charge is 0.496 e. The van der Waals surface area contributed by atoms with Gasteiger partial charge in [-0.25, -0.2) is 4.98 Å². The van der Waals surface area contributed by atoms with Crippen molar-refractivity contribution >= 4 is 26.5 Å². The maximum absolute atomic E-state index is 12.5. The second kappa shape index (κ2) is 7.28. The third kappa shape index (κ3) is 3.39. The number of hydrogen-bond acceptors (Lipinski definition) is 5. The monoisotopic (exact) mass is 391 g/mol. The molecule has 1 N–H and O–H groups in total. The predicted octanol–water partition coefficient (Wildman–Crippen LogP) is 4.11. The normalized spacial score (nSPS) is 11.3. The maximum Gasteiger partial charge on any atom is 0.279 e. The van der Waals surface area contributed by atoms with Crippen LogP contribution in [0.3, 0.4) is 0 Å². The van der Waals surface area contributed by atoms with Gasteiger partial charge in [0.05, 0.1) is 12.8 Å². The summed E-state index contributed by atoms with van der Waals surface area (Å²) in [5, 5.41) is 2.01. The smallest absolute Gasteiger partial charge is 0.279 e. The van der Waals surface area contributed by atoms with Crippen molar-refractivity contribution in [3.63, 3.8) is 0 Å². The number of nitrogens with one attached hydrogen (secondary N) is 1. The summed E-state index contributed by atoms with van der Waals surface area (Å²) in [6.07, 6.45) is 5.02. The first kappa shape index (κ1) is 17.9. The van der Waals surface area contributed by atoms with E-state index in [4.69, 9.17) is 4.74 Å². The van der Waals surface area contributed by atoms with Gasteiger partial charge in [-0.2, -0.15) is 8.42 Å². The molecule has 0 saturated heterocycles. The fraction of sp³-hybridized carbons (Fsp3) is 0.0476. The number of nitrogens with zero attached hydrogens (tertiary/aromatic N) is 2. The van der Waals surface area contributed by atoms with Crippen molar-refractivity contribution in [2.75, 3.05) is 11.8 Å². The molecular weight excluding hydrogens is 374 g/mol. The van der Waals surface area contributed by atoms with E-state index < -0.39 is 10.0 Å². The van der Waals surface area contributed by atoms with E-state index in [1.165, 1.54) is 12.3 Å². The van der Waals surface area contributed by atoms with Gasteiger partial charge in [-0.15, -0.1) is 0 Å². The van der Waals surface area contributed by atoms with E-state index in [0.717, 1.165) is 21.9 Å². The topological polar surface area (TPSA) is 81.2 Å². The van der Waals surface area contributed by atoms with Crippen LogP contribution >= 0.6 is 0 Å². The van der Waals surface area contributed by atoms with Gasteiger partial charge in [0.2, 0.25) is 0 Å². The molecule has 0 atom stereocenters. The molecule has 28 heavy (non-hydrogen) atoms. The first-order valence-corrected chi connectivity index (χ1v) is 10.0. The van der Waals surface area contributed by atoms with Crippen LogP contribution in [-0.2, 0) is 10.0 Å². The molecule has 0 fully saturated rings. The second-order valence-electron chi connectivity index (χ2n) is 6.10. The minimum Gasteiger partial charge on any atom is -0.496 e. The van der Waals surface area contributed by atoms with Gasteiger partial charge in [0, 0.05) is 41.2 Å². The van der Waals surface area contributed by atoms with Crippen LogP contribution in [-0.4, -0.2) is 25.5 Å². The molecule has 0 aliphatic heterocycles. The SMILES string of the molecule is COc1cc(NS(=O)(=O)c2ccccn2)ccc1-c1cncc2ccccc12. The van der Waals surface area contributed by atoms with E-state index in [0.29, 0.717) is 11.4 Å². The Morgan fingerprint density at radius 3 is 2.54 bits per heavy atom. The van der Waals surface area contributed by atoms with Gasteiger partial charge in [0.25, 0.3) is 10.0 Å². The molecule has 0 aliphatic carbocycles. The third-order valence-electron chi connectivity index (χ3n) is 4.33. The first-order chi connectivity index (χ1) is 13.6. The van der Waals surface area contributed by atoms with Crippen LogP contribution in [0.2, 0.25) is 0 Å². The molecule has 0 aliphatic rings. The zero-order valence-corrected chi connectivity index (χ0v) is 15.8. The van der Waals surface area contributed by atoms with Crippen LogP contribution in [0.4, 0.5) is 5.69 Å². The van der Waals surface area contributed by atoms with Crippen molar-refractivity contribution < 1.29 is 13.2 Å². The average Bonchev–Trinajstić information content (AvgIpc) is 2.74. The summed E-state index contributed by atoms with van der Waals surface area (Å²) in [6.45, 7) is 0. The zero-order valence-electron chi connectivity index (χ0n) is 15.0. The number of pyridine rings is 2. The lowest BCUT2D eigenvalue weighted by molar-refractivity contribution is 0.416. The van der Waals surface area contributed by atoms with Gasteiger partial charge in [-0.3, -0.25) is 9.71 Å². The summed E-state index contributed by atoms with van der Waals surface area (Å²) in [5.74, 6) is 0.541. The summed E-state index contributed by atoms with van der Waals surface area (Å²) >= 11 is 0. The number of fused-ring (bicyclic) bond motifs is 1. The standard InChI is InChI=1S/C21H17N3O3S/c1-27-20-12-16(24-28(25,26)21-8-4-5-11-23-21)9-10-18(20)19-14-22-13-15-6-2-3-7-17(15)19/h2-14,24H,1H3. The van der Waals surface area contributed by atoms with Crippen molar-refractivity contribution in [2.24, 2.45) is 0 Å². The van der Waals surface area contributed by atoms with Crippen molar-refractivity contribution in [3.8, 4) is 16.9 Å². The number of hydrogen-bond donors (Lipinski definition) is 1. The van der Waals surface area contributed by atoms with Crippen LogP contribution < -0.4 is 9.46 Å². The molecule has 2 aromatic carbocycles. The van der Waals surface area contributed by atoms with Crippen molar-refractivity contribution in [1.29, 1.82) is 0 Å². The summed E-state index contributed by atoms with van der Waals surface area (Å²) in [6, 6.07) is 17.8. The molecule has 4 aromatic rings.